The summed E-state index contributed by atoms with van der Waals surface area (Å²) in [6.07, 6.45) is 4.20. The molecule has 0 saturated carbocycles. The molecular formula is C17H11N3O3. The van der Waals surface area contributed by atoms with E-state index >= 15 is 0 Å². The molecule has 0 heterocycles. The van der Waals surface area contributed by atoms with Crippen molar-refractivity contribution in [2.45, 2.75) is 12.8 Å². The van der Waals surface area contributed by atoms with Crippen LogP contribution in [0.3, 0.4) is 0 Å². The molecule has 0 amide bonds. The maximum absolute atomic E-state index is 10.8. The highest BCUT2D eigenvalue weighted by Gasteiger charge is 2.18. The molecule has 0 aromatic heterocycles. The van der Waals surface area contributed by atoms with Crippen LogP contribution in [0.4, 0.5) is 17.1 Å². The van der Waals surface area contributed by atoms with Crippen LogP contribution in [0, 0.1) is 0 Å². The molecule has 0 fully saturated rings. The summed E-state index contributed by atoms with van der Waals surface area (Å²) in [4.78, 5) is 42.6. The van der Waals surface area contributed by atoms with Crippen LogP contribution in [-0.4, -0.2) is 18.2 Å². The number of isocyanates is 3. The molecule has 0 aliphatic rings. The van der Waals surface area contributed by atoms with E-state index in [2.05, 4.69) is 15.0 Å². The third-order valence-corrected chi connectivity index (χ3v) is 3.41. The highest BCUT2D eigenvalue weighted by molar-refractivity contribution is 5.83. The van der Waals surface area contributed by atoms with Crippen molar-refractivity contribution in [2.75, 3.05) is 0 Å². The van der Waals surface area contributed by atoms with Crippen LogP contribution in [0.25, 0.3) is 0 Å². The topological polar surface area (TPSA) is 88.3 Å². The number of aliphatic imine (C=N–C) groups is 3. The fourth-order valence-corrected chi connectivity index (χ4v) is 2.31. The molecule has 0 aliphatic heterocycles. The molecule has 0 N–H and O–H groups in total. The fraction of sp³-hybridized carbons (Fsp3) is 0.118. The average Bonchev–Trinajstić information content (AvgIpc) is 2.58. The Morgan fingerprint density at radius 1 is 0.783 bits per heavy atom. The van der Waals surface area contributed by atoms with Crippen molar-refractivity contribution >= 4 is 35.3 Å². The van der Waals surface area contributed by atoms with Crippen molar-refractivity contribution in [1.29, 1.82) is 0 Å². The van der Waals surface area contributed by atoms with Crippen LogP contribution in [0.5, 0.6) is 0 Å². The third-order valence-electron chi connectivity index (χ3n) is 3.41. The Kier molecular flexibility index (Phi) is 5.24. The molecule has 112 valence electrons. The quantitative estimate of drug-likeness (QED) is 0.622. The van der Waals surface area contributed by atoms with Crippen molar-refractivity contribution < 1.29 is 14.4 Å². The molecule has 2 rings (SSSR count). The molecule has 6 nitrogen and oxygen atoms in total. The van der Waals surface area contributed by atoms with Crippen LogP contribution >= 0.6 is 0 Å². The Labute approximate surface area is 131 Å². The van der Waals surface area contributed by atoms with Gasteiger partial charge in [-0.3, -0.25) is 0 Å². The Hall–Kier alpha value is -3.42. The smallest absolute Gasteiger partial charge is 0.211 e. The van der Waals surface area contributed by atoms with E-state index in [9.17, 15) is 14.4 Å². The summed E-state index contributed by atoms with van der Waals surface area (Å²) in [7, 11) is 0. The van der Waals surface area contributed by atoms with Crippen LogP contribution in [0.1, 0.15) is 24.0 Å². The lowest BCUT2D eigenvalue weighted by atomic mass is 9.91. The lowest BCUT2D eigenvalue weighted by Crippen LogP contribution is -1.96. The van der Waals surface area contributed by atoms with Crippen LogP contribution in [-0.2, 0) is 14.4 Å². The van der Waals surface area contributed by atoms with Gasteiger partial charge < -0.3 is 0 Å². The normalized spacial score (nSPS) is 10.7. The number of hydrogen-bond acceptors (Lipinski definition) is 6. The summed E-state index contributed by atoms with van der Waals surface area (Å²) >= 11 is 0. The summed E-state index contributed by atoms with van der Waals surface area (Å²) in [5.41, 5.74) is 1.85. The molecule has 2 aromatic carbocycles. The Balaban J connectivity index is 2.73. The third kappa shape index (κ3) is 3.43. The van der Waals surface area contributed by atoms with Gasteiger partial charge in [0.05, 0.1) is 0 Å². The van der Waals surface area contributed by atoms with E-state index in [4.69, 9.17) is 0 Å². The van der Waals surface area contributed by atoms with Crippen molar-refractivity contribution in [3.05, 3.63) is 53.6 Å². The summed E-state index contributed by atoms with van der Waals surface area (Å²) in [5.74, 6) is -0.127. The second-order valence-electron chi connectivity index (χ2n) is 4.61. The standard InChI is InChI=1S/C17H11N3O3/c1-12(13-5-3-2-4-6-13)14-7-8-15(18-9-21)17(20-11-23)16(14)19-10-22/h2-8,12H,1H3. The molecule has 0 spiro atoms. The van der Waals surface area contributed by atoms with Gasteiger partial charge in [0.15, 0.2) is 0 Å². The molecule has 1 atom stereocenters. The summed E-state index contributed by atoms with van der Waals surface area (Å²) < 4.78 is 0. The zero-order chi connectivity index (χ0) is 16.7. The molecule has 0 radical (unpaired) electrons. The SMILES string of the molecule is CC(c1ccccc1)c1ccc(N=C=O)c(N=C=O)c1N=C=O. The van der Waals surface area contributed by atoms with E-state index in [1.54, 1.807) is 6.07 Å². The predicted molar refractivity (Wildman–Crippen MR) is 83.7 cm³/mol. The van der Waals surface area contributed by atoms with Gasteiger partial charge in [-0.1, -0.05) is 43.3 Å². The zero-order valence-electron chi connectivity index (χ0n) is 12.2. The Morgan fingerprint density at radius 2 is 1.39 bits per heavy atom. The maximum Gasteiger partial charge on any atom is 0.240 e. The molecule has 0 saturated heterocycles. The number of carbonyl (C=O) groups excluding carboxylic acids is 3. The molecular weight excluding hydrogens is 294 g/mol. The van der Waals surface area contributed by atoms with Gasteiger partial charge in [-0.25, -0.2) is 14.4 Å². The Morgan fingerprint density at radius 3 is 2.00 bits per heavy atom. The first-order valence-corrected chi connectivity index (χ1v) is 6.68. The minimum absolute atomic E-state index is 0.00742. The van der Waals surface area contributed by atoms with E-state index in [1.165, 1.54) is 24.3 Å². The van der Waals surface area contributed by atoms with Gasteiger partial charge in [0.2, 0.25) is 18.2 Å². The van der Waals surface area contributed by atoms with Gasteiger partial charge in [-0.2, -0.15) is 15.0 Å². The number of rotatable bonds is 5. The van der Waals surface area contributed by atoms with Gasteiger partial charge in [-0.05, 0) is 17.2 Å². The fourth-order valence-electron chi connectivity index (χ4n) is 2.31. The van der Waals surface area contributed by atoms with E-state index in [0.717, 1.165) is 5.56 Å². The van der Waals surface area contributed by atoms with Crippen LogP contribution < -0.4 is 0 Å². The van der Waals surface area contributed by atoms with Crippen molar-refractivity contribution in [2.24, 2.45) is 15.0 Å². The average molecular weight is 305 g/mol. The lowest BCUT2D eigenvalue weighted by molar-refractivity contribution is 0.564. The van der Waals surface area contributed by atoms with Gasteiger partial charge >= 0.3 is 0 Å². The van der Waals surface area contributed by atoms with E-state index in [0.29, 0.717) is 5.56 Å². The first-order valence-electron chi connectivity index (χ1n) is 6.68. The summed E-state index contributed by atoms with van der Waals surface area (Å²) in [6, 6.07) is 12.7. The largest absolute Gasteiger partial charge is 0.240 e. The first-order chi connectivity index (χ1) is 11.2. The minimum Gasteiger partial charge on any atom is -0.211 e. The van der Waals surface area contributed by atoms with Crippen LogP contribution in [0.2, 0.25) is 0 Å². The molecule has 6 heteroatoms. The summed E-state index contributed by atoms with van der Waals surface area (Å²) in [5, 5.41) is 0. The maximum atomic E-state index is 10.8. The summed E-state index contributed by atoms with van der Waals surface area (Å²) in [6.45, 7) is 1.92. The lowest BCUT2D eigenvalue weighted by Gasteiger charge is -2.16. The van der Waals surface area contributed by atoms with Gasteiger partial charge in [0.25, 0.3) is 0 Å². The van der Waals surface area contributed by atoms with E-state index in [-0.39, 0.29) is 23.0 Å². The molecule has 1 unspecified atom stereocenters. The number of benzene rings is 2. The predicted octanol–water partition coefficient (Wildman–Crippen LogP) is 3.74. The molecule has 2 aromatic rings. The van der Waals surface area contributed by atoms with Crippen molar-refractivity contribution in [3.63, 3.8) is 0 Å². The second-order valence-corrected chi connectivity index (χ2v) is 4.61. The van der Waals surface area contributed by atoms with Crippen molar-refractivity contribution in [1.82, 2.24) is 0 Å². The zero-order valence-corrected chi connectivity index (χ0v) is 12.2. The molecule has 23 heavy (non-hydrogen) atoms. The highest BCUT2D eigenvalue weighted by atomic mass is 16.1. The Bertz CT molecular complexity index is 858. The van der Waals surface area contributed by atoms with Gasteiger partial charge in [-0.15, -0.1) is 0 Å². The molecule has 0 aliphatic carbocycles. The van der Waals surface area contributed by atoms with Gasteiger partial charge in [0, 0.05) is 5.92 Å². The van der Waals surface area contributed by atoms with E-state index < -0.39 is 0 Å². The highest BCUT2D eigenvalue weighted by Crippen LogP contribution is 2.43. The second kappa shape index (κ2) is 7.55. The van der Waals surface area contributed by atoms with E-state index in [1.807, 2.05) is 37.3 Å². The monoisotopic (exact) mass is 305 g/mol. The van der Waals surface area contributed by atoms with Crippen molar-refractivity contribution in [3.8, 4) is 0 Å². The van der Waals surface area contributed by atoms with Crippen LogP contribution in [0.15, 0.2) is 57.4 Å². The molecule has 0 bridgehead atoms. The van der Waals surface area contributed by atoms with Gasteiger partial charge in [0.1, 0.15) is 17.1 Å². The number of nitrogens with zero attached hydrogens (tertiary/aromatic N) is 3. The number of hydrogen-bond donors (Lipinski definition) is 0. The minimum atomic E-state index is -0.127. The first kappa shape index (κ1) is 16.0.